The zero-order chi connectivity index (χ0) is 22.7. The zero-order valence-corrected chi connectivity index (χ0v) is 16.5. The first-order valence-corrected chi connectivity index (χ1v) is 9.35. The third-order valence-electron chi connectivity index (χ3n) is 4.31. The monoisotopic (exact) mass is 438 g/mol. The van der Waals surface area contributed by atoms with Gasteiger partial charge in [0.25, 0.3) is 0 Å². The van der Waals surface area contributed by atoms with Crippen molar-refractivity contribution in [2.75, 3.05) is 16.8 Å². The van der Waals surface area contributed by atoms with Crippen LogP contribution in [0, 0.1) is 0 Å². The first-order chi connectivity index (χ1) is 15.3. The van der Waals surface area contributed by atoms with Crippen LogP contribution >= 0.6 is 0 Å². The molecule has 32 heavy (non-hydrogen) atoms. The lowest BCUT2D eigenvalue weighted by Crippen LogP contribution is -2.07. The minimum absolute atomic E-state index is 0.0309. The summed E-state index contributed by atoms with van der Waals surface area (Å²) in [7, 11) is 0. The van der Waals surface area contributed by atoms with Crippen molar-refractivity contribution in [3.05, 3.63) is 78.6 Å². The number of hydrogen-bond acceptors (Lipinski definition) is 7. The van der Waals surface area contributed by atoms with Gasteiger partial charge in [0, 0.05) is 35.3 Å². The van der Waals surface area contributed by atoms with Gasteiger partial charge >= 0.3 is 6.18 Å². The Morgan fingerprint density at radius 3 is 2.34 bits per heavy atom. The van der Waals surface area contributed by atoms with Crippen LogP contribution in [0.15, 0.2) is 72.9 Å². The van der Waals surface area contributed by atoms with E-state index in [9.17, 15) is 13.2 Å². The highest BCUT2D eigenvalue weighted by Crippen LogP contribution is 2.31. The van der Waals surface area contributed by atoms with Crippen LogP contribution in [0.4, 0.5) is 36.3 Å². The molecule has 0 fully saturated rings. The van der Waals surface area contributed by atoms with Gasteiger partial charge in [0.05, 0.1) is 5.69 Å². The fraction of sp³-hybridized carbons (Fsp3) is 0.0455. The number of aromatic nitrogens is 3. The lowest BCUT2D eigenvalue weighted by molar-refractivity contribution is -0.141. The Labute approximate surface area is 180 Å². The van der Waals surface area contributed by atoms with E-state index in [0.29, 0.717) is 28.6 Å². The van der Waals surface area contributed by atoms with E-state index in [0.717, 1.165) is 17.8 Å². The number of ether oxygens (including phenoxy) is 1. The quantitative estimate of drug-likeness (QED) is 0.365. The SMILES string of the molecule is Nc1cccc(-c2cc(Nc3ccc(Oc4ccnc(C(F)(F)F)c4)cc3)nc(N)n2)c1. The molecule has 5 N–H and O–H groups in total. The number of halogens is 3. The third-order valence-corrected chi connectivity index (χ3v) is 4.31. The summed E-state index contributed by atoms with van der Waals surface area (Å²) in [6, 6.07) is 17.8. The predicted molar refractivity (Wildman–Crippen MR) is 115 cm³/mol. The molecule has 0 saturated carbocycles. The van der Waals surface area contributed by atoms with Gasteiger partial charge in [-0.3, -0.25) is 4.98 Å². The van der Waals surface area contributed by atoms with Crippen LogP contribution in [0.25, 0.3) is 11.3 Å². The Morgan fingerprint density at radius 2 is 1.62 bits per heavy atom. The number of hydrogen-bond donors (Lipinski definition) is 3. The Morgan fingerprint density at radius 1 is 0.844 bits per heavy atom. The molecule has 0 amide bonds. The summed E-state index contributed by atoms with van der Waals surface area (Å²) in [5.41, 5.74) is 13.3. The second-order valence-electron chi connectivity index (χ2n) is 6.75. The number of anilines is 4. The van der Waals surface area contributed by atoms with Crippen molar-refractivity contribution in [2.45, 2.75) is 6.18 Å². The van der Waals surface area contributed by atoms with Gasteiger partial charge in [-0.2, -0.15) is 18.2 Å². The Kier molecular flexibility index (Phi) is 5.50. The Hall–Kier alpha value is -4.34. The molecule has 0 atom stereocenters. The summed E-state index contributed by atoms with van der Waals surface area (Å²) in [5, 5.41) is 3.11. The fourth-order valence-corrected chi connectivity index (χ4v) is 2.90. The maximum atomic E-state index is 12.8. The number of nitrogens with one attached hydrogen (secondary N) is 1. The molecule has 7 nitrogen and oxygen atoms in total. The lowest BCUT2D eigenvalue weighted by Gasteiger charge is -2.11. The molecule has 0 spiro atoms. The maximum Gasteiger partial charge on any atom is 0.433 e. The van der Waals surface area contributed by atoms with Crippen molar-refractivity contribution in [3.63, 3.8) is 0 Å². The van der Waals surface area contributed by atoms with Gasteiger partial charge in [0.2, 0.25) is 5.95 Å². The average molecular weight is 438 g/mol. The van der Waals surface area contributed by atoms with Crippen LogP contribution in [0.2, 0.25) is 0 Å². The van der Waals surface area contributed by atoms with E-state index in [4.69, 9.17) is 16.2 Å². The predicted octanol–water partition coefficient (Wildman–Crippen LogP) is 5.26. The van der Waals surface area contributed by atoms with Crippen molar-refractivity contribution in [3.8, 4) is 22.8 Å². The molecule has 0 aliphatic carbocycles. The summed E-state index contributed by atoms with van der Waals surface area (Å²) in [6.45, 7) is 0. The van der Waals surface area contributed by atoms with Crippen LogP contribution in [-0.4, -0.2) is 15.0 Å². The fourth-order valence-electron chi connectivity index (χ4n) is 2.90. The maximum absolute atomic E-state index is 12.8. The van der Waals surface area contributed by atoms with Crippen molar-refractivity contribution in [1.82, 2.24) is 15.0 Å². The third kappa shape index (κ3) is 5.04. The van der Waals surface area contributed by atoms with E-state index in [2.05, 4.69) is 20.3 Å². The molecule has 4 rings (SSSR count). The molecule has 2 heterocycles. The molecule has 0 saturated heterocycles. The van der Waals surface area contributed by atoms with Gasteiger partial charge in [0.1, 0.15) is 23.0 Å². The van der Waals surface area contributed by atoms with Crippen LogP contribution < -0.4 is 21.5 Å². The van der Waals surface area contributed by atoms with Gasteiger partial charge in [-0.05, 0) is 42.5 Å². The molecule has 162 valence electrons. The van der Waals surface area contributed by atoms with Gasteiger partial charge < -0.3 is 21.5 Å². The van der Waals surface area contributed by atoms with Gasteiger partial charge in [-0.1, -0.05) is 12.1 Å². The van der Waals surface area contributed by atoms with E-state index >= 15 is 0 Å². The zero-order valence-electron chi connectivity index (χ0n) is 16.5. The summed E-state index contributed by atoms with van der Waals surface area (Å²) in [5.74, 6) is 0.944. The molecule has 4 aromatic rings. The number of alkyl halides is 3. The molecule has 0 radical (unpaired) electrons. The summed E-state index contributed by atoms with van der Waals surface area (Å²) < 4.78 is 43.9. The molecule has 0 aliphatic rings. The molecular weight excluding hydrogens is 421 g/mol. The highest BCUT2D eigenvalue weighted by molar-refractivity contribution is 5.69. The first-order valence-electron chi connectivity index (χ1n) is 9.35. The van der Waals surface area contributed by atoms with Gasteiger partial charge in [-0.25, -0.2) is 4.98 Å². The van der Waals surface area contributed by atoms with Crippen LogP contribution in [-0.2, 0) is 6.18 Å². The first kappa shape index (κ1) is 20.9. The highest BCUT2D eigenvalue weighted by atomic mass is 19.4. The van der Waals surface area contributed by atoms with E-state index in [1.54, 1.807) is 42.5 Å². The van der Waals surface area contributed by atoms with Crippen molar-refractivity contribution >= 4 is 23.1 Å². The molecule has 0 unspecified atom stereocenters. The highest BCUT2D eigenvalue weighted by Gasteiger charge is 2.32. The van der Waals surface area contributed by atoms with Gasteiger partial charge in [-0.15, -0.1) is 0 Å². The normalized spacial score (nSPS) is 11.2. The Balaban J connectivity index is 1.50. The number of pyridine rings is 1. The number of benzene rings is 2. The topological polar surface area (TPSA) is 112 Å². The molecule has 2 aromatic carbocycles. The number of nitrogens with two attached hydrogens (primary N) is 2. The average Bonchev–Trinajstić information content (AvgIpc) is 2.74. The smallest absolute Gasteiger partial charge is 0.433 e. The summed E-state index contributed by atoms with van der Waals surface area (Å²) in [4.78, 5) is 11.7. The minimum Gasteiger partial charge on any atom is -0.457 e. The summed E-state index contributed by atoms with van der Waals surface area (Å²) in [6.07, 6.45) is -3.50. The minimum atomic E-state index is -4.54. The van der Waals surface area contributed by atoms with Crippen molar-refractivity contribution < 1.29 is 17.9 Å². The van der Waals surface area contributed by atoms with E-state index < -0.39 is 11.9 Å². The van der Waals surface area contributed by atoms with Crippen LogP contribution in [0.3, 0.4) is 0 Å². The van der Waals surface area contributed by atoms with Crippen molar-refractivity contribution in [2.24, 2.45) is 0 Å². The largest absolute Gasteiger partial charge is 0.457 e. The Bertz CT molecular complexity index is 1250. The van der Waals surface area contributed by atoms with E-state index in [1.807, 2.05) is 12.1 Å². The van der Waals surface area contributed by atoms with E-state index in [-0.39, 0.29) is 11.7 Å². The van der Waals surface area contributed by atoms with E-state index in [1.165, 1.54) is 6.07 Å². The second-order valence-corrected chi connectivity index (χ2v) is 6.75. The number of nitrogens with zero attached hydrogens (tertiary/aromatic N) is 3. The molecule has 0 aliphatic heterocycles. The molecular formula is C22H17F3N6O. The van der Waals surface area contributed by atoms with Crippen LogP contribution in [0.5, 0.6) is 11.5 Å². The standard InChI is InChI=1S/C22H17F3N6O/c23-22(24,25)19-11-17(8-9-28-19)32-16-6-4-15(5-7-16)29-20-12-18(30-21(27)31-20)13-2-1-3-14(26)10-13/h1-12H,26H2,(H3,27,29,30,31). The molecule has 2 aromatic heterocycles. The second kappa shape index (κ2) is 8.42. The molecule has 10 heteroatoms. The van der Waals surface area contributed by atoms with Crippen molar-refractivity contribution in [1.29, 1.82) is 0 Å². The molecule has 0 bridgehead atoms. The lowest BCUT2D eigenvalue weighted by atomic mass is 10.1. The number of rotatable bonds is 5. The van der Waals surface area contributed by atoms with Gasteiger partial charge in [0.15, 0.2) is 0 Å². The number of nitrogen functional groups attached to an aromatic ring is 2. The summed E-state index contributed by atoms with van der Waals surface area (Å²) >= 11 is 0. The van der Waals surface area contributed by atoms with Crippen LogP contribution in [0.1, 0.15) is 5.69 Å².